The highest BCUT2D eigenvalue weighted by atomic mass is 16.7. The molecule has 5 heterocycles. The molecule has 5 aliphatic rings. The van der Waals surface area contributed by atoms with Crippen LogP contribution in [0.3, 0.4) is 0 Å². The molecule has 0 aliphatic carbocycles. The SMILES string of the molecule is CN1C(c2ccc3c(c2)CCCN3)=NOC12CN1CCC2CC1. The zero-order chi connectivity index (χ0) is 15.4. The molecule has 1 aromatic rings. The maximum absolute atomic E-state index is 6.10. The molecule has 1 atom stereocenters. The number of fused-ring (bicyclic) bond motifs is 3. The Kier molecular flexibility index (Phi) is 2.89. The molecule has 23 heavy (non-hydrogen) atoms. The number of anilines is 1. The Morgan fingerprint density at radius 2 is 2.17 bits per heavy atom. The summed E-state index contributed by atoms with van der Waals surface area (Å²) in [6.07, 6.45) is 4.80. The molecule has 2 bridgehead atoms. The minimum atomic E-state index is -0.236. The molecule has 5 aliphatic heterocycles. The number of hydrogen-bond donors (Lipinski definition) is 1. The second kappa shape index (κ2) is 4.87. The molecule has 0 radical (unpaired) electrons. The smallest absolute Gasteiger partial charge is 0.226 e. The highest BCUT2D eigenvalue weighted by Crippen LogP contribution is 2.43. The van der Waals surface area contributed by atoms with Crippen LogP contribution in [0.4, 0.5) is 5.69 Å². The maximum atomic E-state index is 6.10. The van der Waals surface area contributed by atoms with Gasteiger partial charge in [0.15, 0.2) is 5.84 Å². The summed E-state index contributed by atoms with van der Waals surface area (Å²) < 4.78 is 0. The van der Waals surface area contributed by atoms with Crippen LogP contribution < -0.4 is 5.32 Å². The van der Waals surface area contributed by atoms with Gasteiger partial charge in [-0.3, -0.25) is 4.90 Å². The van der Waals surface area contributed by atoms with Gasteiger partial charge in [-0.1, -0.05) is 5.16 Å². The summed E-state index contributed by atoms with van der Waals surface area (Å²) in [4.78, 5) is 10.9. The predicted molar refractivity (Wildman–Crippen MR) is 90.5 cm³/mol. The van der Waals surface area contributed by atoms with Crippen LogP contribution >= 0.6 is 0 Å². The van der Waals surface area contributed by atoms with Crippen LogP contribution in [0.1, 0.15) is 30.4 Å². The second-order valence-electron chi connectivity index (χ2n) is 7.36. The molecule has 0 amide bonds. The number of rotatable bonds is 1. The second-order valence-corrected chi connectivity index (χ2v) is 7.36. The summed E-state index contributed by atoms with van der Waals surface area (Å²) in [6.45, 7) is 4.48. The molecule has 6 rings (SSSR count). The van der Waals surface area contributed by atoms with E-state index in [1.54, 1.807) is 0 Å². The van der Waals surface area contributed by atoms with Crippen LogP contribution in [0.5, 0.6) is 0 Å². The van der Waals surface area contributed by atoms with Crippen molar-refractivity contribution >= 4 is 11.5 Å². The van der Waals surface area contributed by atoms with Crippen LogP contribution in [0.25, 0.3) is 0 Å². The summed E-state index contributed by atoms with van der Waals surface area (Å²) >= 11 is 0. The lowest BCUT2D eigenvalue weighted by atomic mass is 9.80. The van der Waals surface area contributed by atoms with E-state index in [2.05, 4.69) is 45.5 Å². The lowest BCUT2D eigenvalue weighted by Gasteiger charge is -2.52. The molecule has 0 aromatic heterocycles. The van der Waals surface area contributed by atoms with Crippen molar-refractivity contribution in [3.05, 3.63) is 29.3 Å². The Morgan fingerprint density at radius 3 is 2.96 bits per heavy atom. The van der Waals surface area contributed by atoms with E-state index >= 15 is 0 Å². The van der Waals surface area contributed by atoms with Gasteiger partial charge in [-0.15, -0.1) is 0 Å². The lowest BCUT2D eigenvalue weighted by molar-refractivity contribution is -0.190. The first-order chi connectivity index (χ1) is 11.3. The molecular weight excluding hydrogens is 288 g/mol. The fraction of sp³-hybridized carbons (Fsp3) is 0.611. The highest BCUT2D eigenvalue weighted by molar-refractivity contribution is 6.00. The van der Waals surface area contributed by atoms with Crippen molar-refractivity contribution in [1.82, 2.24) is 9.80 Å². The number of nitrogens with one attached hydrogen (secondary N) is 1. The third-order valence-electron chi connectivity index (χ3n) is 6.15. The summed E-state index contributed by atoms with van der Waals surface area (Å²) in [5.41, 5.74) is 3.63. The van der Waals surface area contributed by atoms with E-state index < -0.39 is 0 Å². The standard InChI is InChI=1S/C18H24N4O/c1-21-17(14-4-5-16-13(11-14)3-2-8-19-16)20-23-18(21)12-22-9-6-15(18)7-10-22/h4-5,11,15,19H,2-3,6-10,12H2,1H3. The van der Waals surface area contributed by atoms with Crippen molar-refractivity contribution in [3.8, 4) is 0 Å². The number of likely N-dealkylation sites (N-methyl/N-ethyl adjacent to an activating group) is 1. The van der Waals surface area contributed by atoms with Gasteiger partial charge >= 0.3 is 0 Å². The van der Waals surface area contributed by atoms with Crippen LogP contribution in [0, 0.1) is 5.92 Å². The predicted octanol–water partition coefficient (Wildman–Crippen LogP) is 2.09. The zero-order valence-electron chi connectivity index (χ0n) is 13.7. The summed E-state index contributed by atoms with van der Waals surface area (Å²) in [7, 11) is 2.16. The molecule has 0 saturated carbocycles. The first-order valence-electron chi connectivity index (χ1n) is 8.86. The summed E-state index contributed by atoms with van der Waals surface area (Å²) in [5, 5.41) is 8.01. The number of nitrogens with zero attached hydrogens (tertiary/aromatic N) is 3. The average molecular weight is 312 g/mol. The van der Waals surface area contributed by atoms with Crippen molar-refractivity contribution in [1.29, 1.82) is 0 Å². The van der Waals surface area contributed by atoms with E-state index in [-0.39, 0.29) is 5.72 Å². The molecule has 1 aromatic carbocycles. The largest absolute Gasteiger partial charge is 0.385 e. The van der Waals surface area contributed by atoms with Gasteiger partial charge in [0.25, 0.3) is 0 Å². The Labute approximate surface area is 137 Å². The molecule has 122 valence electrons. The Hall–Kier alpha value is -1.75. The van der Waals surface area contributed by atoms with Gasteiger partial charge in [-0.2, -0.15) is 0 Å². The minimum Gasteiger partial charge on any atom is -0.385 e. The number of amidine groups is 1. The van der Waals surface area contributed by atoms with E-state index in [4.69, 9.17) is 4.84 Å². The lowest BCUT2D eigenvalue weighted by Crippen LogP contribution is -2.65. The van der Waals surface area contributed by atoms with E-state index in [9.17, 15) is 0 Å². The van der Waals surface area contributed by atoms with Gasteiger partial charge in [0, 0.05) is 30.8 Å². The van der Waals surface area contributed by atoms with Gasteiger partial charge in [0.05, 0.1) is 6.54 Å². The fourth-order valence-corrected chi connectivity index (χ4v) is 4.76. The summed E-state index contributed by atoms with van der Waals surface area (Å²) in [5.74, 6) is 1.59. The highest BCUT2D eigenvalue weighted by Gasteiger charge is 2.55. The normalized spacial score (nSPS) is 34.8. The van der Waals surface area contributed by atoms with Gasteiger partial charge < -0.3 is 15.1 Å². The van der Waals surface area contributed by atoms with Crippen molar-refractivity contribution < 1.29 is 4.84 Å². The van der Waals surface area contributed by atoms with Gasteiger partial charge in [0.1, 0.15) is 0 Å². The number of oxime groups is 1. The van der Waals surface area contributed by atoms with Crippen molar-refractivity contribution in [2.45, 2.75) is 31.4 Å². The first kappa shape index (κ1) is 13.7. The van der Waals surface area contributed by atoms with Crippen LogP contribution in [-0.4, -0.2) is 54.6 Å². The zero-order valence-corrected chi connectivity index (χ0v) is 13.7. The third-order valence-corrected chi connectivity index (χ3v) is 6.15. The maximum Gasteiger partial charge on any atom is 0.226 e. The molecule has 5 nitrogen and oxygen atoms in total. The van der Waals surface area contributed by atoms with Crippen molar-refractivity contribution in [2.24, 2.45) is 11.1 Å². The van der Waals surface area contributed by atoms with E-state index in [1.165, 1.54) is 49.2 Å². The quantitative estimate of drug-likeness (QED) is 0.862. The van der Waals surface area contributed by atoms with Crippen LogP contribution in [0.15, 0.2) is 23.4 Å². The Balaban J connectivity index is 1.46. The monoisotopic (exact) mass is 312 g/mol. The minimum absolute atomic E-state index is 0.236. The third kappa shape index (κ3) is 1.92. The van der Waals surface area contributed by atoms with Crippen molar-refractivity contribution in [2.75, 3.05) is 38.5 Å². The molecule has 1 N–H and O–H groups in total. The molecular formula is C18H24N4O. The van der Waals surface area contributed by atoms with Gasteiger partial charge in [0.2, 0.25) is 5.72 Å². The number of piperidine rings is 3. The van der Waals surface area contributed by atoms with E-state index in [0.29, 0.717) is 5.92 Å². The topological polar surface area (TPSA) is 40.1 Å². The Bertz CT molecular complexity index is 665. The van der Waals surface area contributed by atoms with Crippen LogP contribution in [-0.2, 0) is 11.3 Å². The van der Waals surface area contributed by atoms with Gasteiger partial charge in [-0.25, -0.2) is 0 Å². The number of aryl methyl sites for hydroxylation is 1. The fourth-order valence-electron chi connectivity index (χ4n) is 4.76. The number of hydrogen-bond acceptors (Lipinski definition) is 5. The average Bonchev–Trinajstić information content (AvgIpc) is 2.92. The van der Waals surface area contributed by atoms with Crippen molar-refractivity contribution in [3.63, 3.8) is 0 Å². The van der Waals surface area contributed by atoms with E-state index in [0.717, 1.165) is 25.3 Å². The van der Waals surface area contributed by atoms with Gasteiger partial charge in [-0.05, 0) is 62.5 Å². The first-order valence-corrected chi connectivity index (χ1v) is 8.86. The number of benzene rings is 1. The summed E-state index contributed by atoms with van der Waals surface area (Å²) in [6, 6.07) is 6.67. The van der Waals surface area contributed by atoms with E-state index in [1.807, 2.05) is 0 Å². The molecule has 5 heteroatoms. The molecule has 3 fully saturated rings. The Morgan fingerprint density at radius 1 is 1.30 bits per heavy atom. The molecule has 1 spiro atoms. The van der Waals surface area contributed by atoms with Crippen LogP contribution in [0.2, 0.25) is 0 Å². The molecule has 1 unspecified atom stereocenters. The molecule has 3 saturated heterocycles.